The van der Waals surface area contributed by atoms with Crippen molar-refractivity contribution in [2.45, 2.75) is 31.1 Å². The Morgan fingerprint density at radius 3 is 2.37 bits per heavy atom. The molecule has 2 aromatic rings. The standard InChI is InChI=1S/C20H20F3N3O/c1-25-15-7-3-2-6-14(15)18-12-13(24-19(27)20(21,22)23)10-11-26(18)17-9-5-4-8-16(17)25/h2-9,13,18H,10-12H2,1H3,(H,24,27). The fourth-order valence-electron chi connectivity index (χ4n) is 4.14. The van der Waals surface area contributed by atoms with Gasteiger partial charge in [0.2, 0.25) is 0 Å². The maximum atomic E-state index is 12.7. The summed E-state index contributed by atoms with van der Waals surface area (Å²) in [7, 11) is 2.00. The number of anilines is 3. The Morgan fingerprint density at radius 1 is 1.04 bits per heavy atom. The molecule has 27 heavy (non-hydrogen) atoms. The number of carbonyl (C=O) groups excluding carboxylic acids is 1. The lowest BCUT2D eigenvalue weighted by atomic mass is 9.90. The minimum atomic E-state index is -4.86. The first-order valence-corrected chi connectivity index (χ1v) is 8.92. The van der Waals surface area contributed by atoms with Gasteiger partial charge in [0.15, 0.2) is 0 Å². The predicted octanol–water partition coefficient (Wildman–Crippen LogP) is 4.16. The van der Waals surface area contributed by atoms with Crippen LogP contribution in [0.15, 0.2) is 48.5 Å². The van der Waals surface area contributed by atoms with E-state index < -0.39 is 18.1 Å². The van der Waals surface area contributed by atoms with Crippen LogP contribution in [0.1, 0.15) is 24.4 Å². The summed E-state index contributed by atoms with van der Waals surface area (Å²) in [5.74, 6) is -1.86. The lowest BCUT2D eigenvalue weighted by Gasteiger charge is -2.41. The molecular formula is C20H20F3N3O. The number of fused-ring (bicyclic) bond motifs is 5. The van der Waals surface area contributed by atoms with Crippen LogP contribution in [-0.2, 0) is 4.79 Å². The van der Waals surface area contributed by atoms with Gasteiger partial charge in [-0.3, -0.25) is 4.79 Å². The smallest absolute Gasteiger partial charge is 0.363 e. The summed E-state index contributed by atoms with van der Waals surface area (Å²) in [5.41, 5.74) is 4.20. The Labute approximate surface area is 155 Å². The molecule has 0 bridgehead atoms. The van der Waals surface area contributed by atoms with Crippen molar-refractivity contribution in [2.75, 3.05) is 23.4 Å². The van der Waals surface area contributed by atoms with E-state index in [0.29, 0.717) is 19.4 Å². The highest BCUT2D eigenvalue weighted by molar-refractivity contribution is 5.83. The van der Waals surface area contributed by atoms with E-state index in [1.807, 2.05) is 55.6 Å². The third kappa shape index (κ3) is 3.11. The number of benzene rings is 2. The fourth-order valence-corrected chi connectivity index (χ4v) is 4.14. The minimum Gasteiger partial charge on any atom is -0.363 e. The Bertz CT molecular complexity index is 868. The normalized spacial score (nSPS) is 21.6. The van der Waals surface area contributed by atoms with Crippen LogP contribution in [0.2, 0.25) is 0 Å². The summed E-state index contributed by atoms with van der Waals surface area (Å²) < 4.78 is 38.0. The van der Waals surface area contributed by atoms with E-state index >= 15 is 0 Å². The number of para-hydroxylation sites is 3. The second-order valence-electron chi connectivity index (χ2n) is 7.01. The maximum absolute atomic E-state index is 12.7. The number of alkyl halides is 3. The SMILES string of the molecule is CN1c2ccccc2C2CC(NC(=O)C(F)(F)F)CCN2c2ccccc21. The third-order valence-corrected chi connectivity index (χ3v) is 5.40. The zero-order valence-electron chi connectivity index (χ0n) is 14.8. The molecule has 2 aliphatic rings. The van der Waals surface area contributed by atoms with E-state index in [1.54, 1.807) is 0 Å². The van der Waals surface area contributed by atoms with Crippen molar-refractivity contribution >= 4 is 23.0 Å². The van der Waals surface area contributed by atoms with Crippen LogP contribution in [0.4, 0.5) is 30.2 Å². The molecule has 0 radical (unpaired) electrons. The van der Waals surface area contributed by atoms with Crippen LogP contribution in [0, 0.1) is 0 Å². The first-order valence-electron chi connectivity index (χ1n) is 8.92. The first-order chi connectivity index (χ1) is 12.9. The number of amides is 1. The van der Waals surface area contributed by atoms with Gasteiger partial charge in [-0.25, -0.2) is 0 Å². The maximum Gasteiger partial charge on any atom is 0.471 e. The second-order valence-corrected chi connectivity index (χ2v) is 7.01. The molecule has 1 fully saturated rings. The van der Waals surface area contributed by atoms with Gasteiger partial charge in [0.1, 0.15) is 0 Å². The summed E-state index contributed by atoms with van der Waals surface area (Å²) in [6.07, 6.45) is -3.95. The van der Waals surface area contributed by atoms with Gasteiger partial charge < -0.3 is 15.1 Å². The molecule has 7 heteroatoms. The van der Waals surface area contributed by atoms with Gasteiger partial charge in [-0.15, -0.1) is 0 Å². The molecule has 0 aliphatic carbocycles. The van der Waals surface area contributed by atoms with Crippen LogP contribution in [-0.4, -0.2) is 31.7 Å². The van der Waals surface area contributed by atoms with E-state index in [0.717, 1.165) is 22.6 Å². The van der Waals surface area contributed by atoms with Gasteiger partial charge in [0, 0.05) is 25.3 Å². The summed E-state index contributed by atoms with van der Waals surface area (Å²) in [4.78, 5) is 15.8. The van der Waals surface area contributed by atoms with E-state index in [9.17, 15) is 18.0 Å². The van der Waals surface area contributed by atoms with Crippen molar-refractivity contribution < 1.29 is 18.0 Å². The molecule has 2 unspecified atom stereocenters. The van der Waals surface area contributed by atoms with Crippen LogP contribution in [0.25, 0.3) is 0 Å². The van der Waals surface area contributed by atoms with Crippen LogP contribution < -0.4 is 15.1 Å². The van der Waals surface area contributed by atoms with E-state index in [1.165, 1.54) is 0 Å². The summed E-state index contributed by atoms with van der Waals surface area (Å²) in [6, 6.07) is 15.4. The molecule has 2 aromatic carbocycles. The molecule has 2 aliphatic heterocycles. The van der Waals surface area contributed by atoms with Crippen LogP contribution in [0.3, 0.4) is 0 Å². The third-order valence-electron chi connectivity index (χ3n) is 5.40. The molecule has 0 saturated carbocycles. The number of rotatable bonds is 1. The minimum absolute atomic E-state index is 0.0976. The molecule has 2 atom stereocenters. The van der Waals surface area contributed by atoms with Crippen molar-refractivity contribution in [1.29, 1.82) is 0 Å². The van der Waals surface area contributed by atoms with Crippen molar-refractivity contribution in [3.63, 3.8) is 0 Å². The second kappa shape index (κ2) is 6.48. The van der Waals surface area contributed by atoms with E-state index in [4.69, 9.17) is 0 Å². The monoisotopic (exact) mass is 375 g/mol. The Hall–Kier alpha value is -2.70. The number of halogens is 3. The van der Waals surface area contributed by atoms with E-state index in [2.05, 4.69) is 15.1 Å². The number of nitrogens with one attached hydrogen (secondary N) is 1. The lowest BCUT2D eigenvalue weighted by Crippen LogP contribution is -2.49. The van der Waals surface area contributed by atoms with Gasteiger partial charge in [0.05, 0.1) is 17.4 Å². The summed E-state index contributed by atoms with van der Waals surface area (Å²) >= 11 is 0. The molecule has 2 heterocycles. The highest BCUT2D eigenvalue weighted by Gasteiger charge is 2.42. The fraction of sp³-hybridized carbons (Fsp3) is 0.350. The van der Waals surface area contributed by atoms with Gasteiger partial charge in [-0.1, -0.05) is 30.3 Å². The Balaban J connectivity index is 1.71. The molecule has 4 nitrogen and oxygen atoms in total. The first kappa shape index (κ1) is 17.7. The largest absolute Gasteiger partial charge is 0.471 e. The Morgan fingerprint density at radius 2 is 1.67 bits per heavy atom. The predicted molar refractivity (Wildman–Crippen MR) is 98.3 cm³/mol. The molecule has 1 saturated heterocycles. The Kier molecular flexibility index (Phi) is 4.25. The lowest BCUT2D eigenvalue weighted by molar-refractivity contribution is -0.174. The number of piperidine rings is 1. The number of hydrogen-bond acceptors (Lipinski definition) is 3. The zero-order valence-corrected chi connectivity index (χ0v) is 14.8. The average molecular weight is 375 g/mol. The summed E-state index contributed by atoms with van der Waals surface area (Å²) in [6.45, 7) is 0.576. The zero-order chi connectivity index (χ0) is 19.2. The molecule has 1 amide bonds. The van der Waals surface area contributed by atoms with Crippen molar-refractivity contribution in [3.05, 3.63) is 54.1 Å². The van der Waals surface area contributed by atoms with Crippen molar-refractivity contribution in [3.8, 4) is 0 Å². The topological polar surface area (TPSA) is 35.6 Å². The molecule has 0 spiro atoms. The van der Waals surface area contributed by atoms with Crippen molar-refractivity contribution in [1.82, 2.24) is 5.32 Å². The molecular weight excluding hydrogens is 355 g/mol. The molecule has 1 N–H and O–H groups in total. The molecule has 142 valence electrons. The highest BCUT2D eigenvalue weighted by Crippen LogP contribution is 2.47. The average Bonchev–Trinajstić information content (AvgIpc) is 2.76. The van der Waals surface area contributed by atoms with Gasteiger partial charge in [0.25, 0.3) is 0 Å². The quantitative estimate of drug-likeness (QED) is 0.813. The van der Waals surface area contributed by atoms with Gasteiger partial charge in [-0.2, -0.15) is 13.2 Å². The van der Waals surface area contributed by atoms with Crippen molar-refractivity contribution in [2.24, 2.45) is 0 Å². The number of hydrogen-bond donors (Lipinski definition) is 1. The van der Waals surface area contributed by atoms with Gasteiger partial charge in [-0.05, 0) is 36.6 Å². The molecule has 0 aromatic heterocycles. The summed E-state index contributed by atoms with van der Waals surface area (Å²) in [5, 5.41) is 2.17. The van der Waals surface area contributed by atoms with E-state index in [-0.39, 0.29) is 6.04 Å². The highest BCUT2D eigenvalue weighted by atomic mass is 19.4. The number of carbonyl (C=O) groups is 1. The van der Waals surface area contributed by atoms with Crippen LogP contribution >= 0.6 is 0 Å². The van der Waals surface area contributed by atoms with Crippen LogP contribution in [0.5, 0.6) is 0 Å². The molecule has 4 rings (SSSR count). The van der Waals surface area contributed by atoms with Gasteiger partial charge >= 0.3 is 12.1 Å². The number of nitrogens with zero attached hydrogens (tertiary/aromatic N) is 2.